The van der Waals surface area contributed by atoms with Crippen molar-refractivity contribution in [1.82, 2.24) is 16.2 Å². The van der Waals surface area contributed by atoms with E-state index in [-0.39, 0.29) is 11.6 Å². The lowest BCUT2D eigenvalue weighted by molar-refractivity contribution is -0.139. The van der Waals surface area contributed by atoms with Crippen LogP contribution in [0.4, 0.5) is 0 Å². The van der Waals surface area contributed by atoms with Crippen molar-refractivity contribution in [3.8, 4) is 17.2 Å². The van der Waals surface area contributed by atoms with E-state index in [4.69, 9.17) is 14.2 Å². The molecule has 0 spiro atoms. The summed E-state index contributed by atoms with van der Waals surface area (Å²) < 4.78 is 16.6. The molecule has 0 unspecified atom stereocenters. The Kier molecular flexibility index (Phi) is 8.91. The molecular formula is C18H27N3O6. The Balaban J connectivity index is 2.98. The first-order chi connectivity index (χ1) is 12.8. The van der Waals surface area contributed by atoms with Crippen molar-refractivity contribution in [3.63, 3.8) is 0 Å². The van der Waals surface area contributed by atoms with Gasteiger partial charge in [0.25, 0.3) is 5.91 Å². The molecular weight excluding hydrogens is 354 g/mol. The van der Waals surface area contributed by atoms with Gasteiger partial charge in [-0.1, -0.05) is 0 Å². The van der Waals surface area contributed by atoms with Crippen LogP contribution in [0.2, 0.25) is 0 Å². The molecule has 0 bridgehead atoms. The molecule has 150 valence electrons. The third kappa shape index (κ3) is 6.69. The van der Waals surface area contributed by atoms with Gasteiger partial charge >= 0.3 is 11.8 Å². The van der Waals surface area contributed by atoms with Crippen LogP contribution in [0.25, 0.3) is 0 Å². The number of nitrogens with one attached hydrogen (secondary N) is 3. The fourth-order valence-electron chi connectivity index (χ4n) is 2.09. The lowest BCUT2D eigenvalue weighted by Gasteiger charge is -2.17. The number of hydrogen-bond donors (Lipinski definition) is 3. The summed E-state index contributed by atoms with van der Waals surface area (Å²) in [6, 6.07) is 2.76. The summed E-state index contributed by atoms with van der Waals surface area (Å²) in [5.74, 6) is -1.36. The van der Waals surface area contributed by atoms with Crippen LogP contribution < -0.4 is 30.4 Å². The molecule has 0 atom stereocenters. The van der Waals surface area contributed by atoms with Crippen molar-refractivity contribution in [2.24, 2.45) is 0 Å². The number of carbonyl (C=O) groups is 3. The van der Waals surface area contributed by atoms with Crippen LogP contribution in [0, 0.1) is 0 Å². The topological polar surface area (TPSA) is 115 Å². The zero-order valence-electron chi connectivity index (χ0n) is 16.3. The molecule has 9 nitrogen and oxygen atoms in total. The highest BCUT2D eigenvalue weighted by atomic mass is 16.5. The van der Waals surface area contributed by atoms with Gasteiger partial charge in [0.15, 0.2) is 11.5 Å². The highest BCUT2D eigenvalue weighted by Gasteiger charge is 2.20. The maximum Gasteiger partial charge on any atom is 0.327 e. The van der Waals surface area contributed by atoms with Crippen LogP contribution in [0.15, 0.2) is 12.1 Å². The van der Waals surface area contributed by atoms with E-state index in [9.17, 15) is 14.4 Å². The predicted molar refractivity (Wildman–Crippen MR) is 98.8 cm³/mol. The Morgan fingerprint density at radius 1 is 0.852 bits per heavy atom. The van der Waals surface area contributed by atoms with Crippen LogP contribution in [0.3, 0.4) is 0 Å². The molecule has 3 N–H and O–H groups in total. The number of benzene rings is 1. The monoisotopic (exact) mass is 381 g/mol. The number of amides is 3. The first-order valence-corrected chi connectivity index (χ1v) is 8.81. The van der Waals surface area contributed by atoms with Crippen molar-refractivity contribution in [2.75, 3.05) is 19.8 Å². The molecule has 27 heavy (non-hydrogen) atoms. The van der Waals surface area contributed by atoms with Crippen LogP contribution in [0.5, 0.6) is 17.2 Å². The molecule has 0 aliphatic carbocycles. The number of carbonyl (C=O) groups excluding carboxylic acids is 3. The quantitative estimate of drug-likeness (QED) is 0.460. The summed E-state index contributed by atoms with van der Waals surface area (Å²) in [6.45, 7) is 9.98. The molecule has 0 saturated carbocycles. The Hall–Kier alpha value is -2.97. The van der Waals surface area contributed by atoms with Crippen LogP contribution in [0.1, 0.15) is 45.0 Å². The third-order valence-corrected chi connectivity index (χ3v) is 3.09. The van der Waals surface area contributed by atoms with Gasteiger partial charge in [-0.25, -0.2) is 0 Å². The second kappa shape index (κ2) is 10.9. The van der Waals surface area contributed by atoms with Crippen LogP contribution in [-0.2, 0) is 9.59 Å². The number of ether oxygens (including phenoxy) is 3. The van der Waals surface area contributed by atoms with Gasteiger partial charge < -0.3 is 19.5 Å². The highest BCUT2D eigenvalue weighted by molar-refractivity contribution is 6.35. The summed E-state index contributed by atoms with van der Waals surface area (Å²) in [5, 5.41) is 2.42. The van der Waals surface area contributed by atoms with E-state index in [1.54, 1.807) is 27.7 Å². The molecule has 0 aliphatic heterocycles. The first kappa shape index (κ1) is 22.1. The summed E-state index contributed by atoms with van der Waals surface area (Å²) in [4.78, 5) is 35.6. The molecule has 0 aliphatic rings. The molecule has 0 radical (unpaired) electrons. The van der Waals surface area contributed by atoms with Gasteiger partial charge in [0, 0.05) is 11.6 Å². The average molecular weight is 381 g/mol. The summed E-state index contributed by atoms with van der Waals surface area (Å²) in [6.07, 6.45) is 0. The molecule has 0 heterocycles. The van der Waals surface area contributed by atoms with Crippen molar-refractivity contribution >= 4 is 17.7 Å². The van der Waals surface area contributed by atoms with Crippen molar-refractivity contribution in [3.05, 3.63) is 17.7 Å². The number of rotatable bonds is 8. The number of hydrazine groups is 1. The minimum atomic E-state index is -0.974. The van der Waals surface area contributed by atoms with Gasteiger partial charge in [0.05, 0.1) is 19.8 Å². The second-order valence-electron chi connectivity index (χ2n) is 5.64. The summed E-state index contributed by atoms with van der Waals surface area (Å²) in [7, 11) is 0. The fourth-order valence-corrected chi connectivity index (χ4v) is 2.09. The van der Waals surface area contributed by atoms with Gasteiger partial charge in [-0.15, -0.1) is 0 Å². The lowest BCUT2D eigenvalue weighted by atomic mass is 10.1. The van der Waals surface area contributed by atoms with Gasteiger partial charge in [-0.2, -0.15) is 0 Å². The van der Waals surface area contributed by atoms with Crippen molar-refractivity contribution < 1.29 is 28.6 Å². The minimum absolute atomic E-state index is 0.176. The molecule has 1 rings (SSSR count). The lowest BCUT2D eigenvalue weighted by Crippen LogP contribution is -2.49. The van der Waals surface area contributed by atoms with Gasteiger partial charge in [-0.05, 0) is 46.8 Å². The Morgan fingerprint density at radius 3 is 1.81 bits per heavy atom. The SMILES string of the molecule is CCOc1cc(C(=O)NNC(=O)C(=O)NC(C)C)cc(OCC)c1OCC. The zero-order chi connectivity index (χ0) is 20.4. The van der Waals surface area contributed by atoms with E-state index < -0.39 is 17.7 Å². The van der Waals surface area contributed by atoms with Crippen molar-refractivity contribution in [1.29, 1.82) is 0 Å². The Morgan fingerprint density at radius 2 is 1.37 bits per heavy atom. The Labute approximate surface area is 158 Å². The number of hydrogen-bond acceptors (Lipinski definition) is 6. The first-order valence-electron chi connectivity index (χ1n) is 8.81. The summed E-state index contributed by atoms with van der Waals surface area (Å²) in [5.41, 5.74) is 4.43. The van der Waals surface area contributed by atoms with Gasteiger partial charge in [0.2, 0.25) is 5.75 Å². The van der Waals surface area contributed by atoms with Crippen LogP contribution in [-0.4, -0.2) is 43.6 Å². The zero-order valence-corrected chi connectivity index (χ0v) is 16.3. The molecule has 0 aromatic heterocycles. The smallest absolute Gasteiger partial charge is 0.327 e. The van der Waals surface area contributed by atoms with Gasteiger partial charge in [-0.3, -0.25) is 25.2 Å². The Bertz CT molecular complexity index is 648. The molecule has 1 aromatic rings. The van der Waals surface area contributed by atoms with E-state index in [0.29, 0.717) is 37.1 Å². The van der Waals surface area contributed by atoms with Gasteiger partial charge in [0.1, 0.15) is 0 Å². The predicted octanol–water partition coefficient (Wildman–Crippen LogP) is 1.17. The molecule has 0 saturated heterocycles. The molecule has 0 fully saturated rings. The van der Waals surface area contributed by atoms with E-state index in [1.807, 2.05) is 6.92 Å². The van der Waals surface area contributed by atoms with E-state index in [0.717, 1.165) is 0 Å². The maximum atomic E-state index is 12.4. The minimum Gasteiger partial charge on any atom is -0.490 e. The van der Waals surface area contributed by atoms with E-state index in [1.165, 1.54) is 12.1 Å². The second-order valence-corrected chi connectivity index (χ2v) is 5.64. The third-order valence-electron chi connectivity index (χ3n) is 3.09. The molecule has 9 heteroatoms. The van der Waals surface area contributed by atoms with E-state index >= 15 is 0 Å². The highest BCUT2D eigenvalue weighted by Crippen LogP contribution is 2.39. The normalized spacial score (nSPS) is 10.1. The maximum absolute atomic E-state index is 12.4. The fraction of sp³-hybridized carbons (Fsp3) is 0.500. The van der Waals surface area contributed by atoms with E-state index in [2.05, 4.69) is 16.2 Å². The molecule has 3 amide bonds. The standard InChI is InChI=1S/C18H27N3O6/c1-6-25-13-9-12(10-14(26-7-2)15(13)27-8-3)16(22)20-21-18(24)17(23)19-11(4)5/h9-11H,6-8H2,1-5H3,(H,19,23)(H,20,22)(H,21,24). The van der Waals surface area contributed by atoms with Crippen LogP contribution >= 0.6 is 0 Å². The van der Waals surface area contributed by atoms with Crippen molar-refractivity contribution in [2.45, 2.75) is 40.7 Å². The molecule has 1 aromatic carbocycles. The largest absolute Gasteiger partial charge is 0.490 e. The average Bonchev–Trinajstić information content (AvgIpc) is 2.61. The summed E-state index contributed by atoms with van der Waals surface area (Å²) >= 11 is 0.